The first-order valence-corrected chi connectivity index (χ1v) is 6.20. The summed E-state index contributed by atoms with van der Waals surface area (Å²) in [6.45, 7) is 0. The molecule has 1 heterocycles. The van der Waals surface area contributed by atoms with Crippen molar-refractivity contribution >= 4 is 27.5 Å². The number of fused-ring (bicyclic) bond motifs is 3. The molecule has 1 saturated carbocycles. The Morgan fingerprint density at radius 3 is 3.12 bits per heavy atom. The van der Waals surface area contributed by atoms with Gasteiger partial charge in [0.05, 0.1) is 0 Å². The largest absolute Gasteiger partial charge is 0.323 e. The number of nitrogens with one attached hydrogen (secondary N) is 1. The molecule has 1 N–H and O–H groups in total. The van der Waals surface area contributed by atoms with Crippen LogP contribution in [0.3, 0.4) is 0 Å². The molecule has 2 nitrogen and oxygen atoms in total. The van der Waals surface area contributed by atoms with Crippen LogP contribution in [0.4, 0.5) is 10.1 Å². The van der Waals surface area contributed by atoms with E-state index in [2.05, 4.69) is 21.2 Å². The van der Waals surface area contributed by atoms with Crippen LogP contribution in [-0.4, -0.2) is 11.6 Å². The van der Waals surface area contributed by atoms with Gasteiger partial charge < -0.3 is 5.32 Å². The number of alkyl halides is 1. The summed E-state index contributed by atoms with van der Waals surface area (Å²) in [4.78, 5) is 11.7. The average molecular weight is 284 g/mol. The van der Waals surface area contributed by atoms with Gasteiger partial charge >= 0.3 is 0 Å². The number of hydrogen-bond donors (Lipinski definition) is 1. The Labute approximate surface area is 101 Å². The number of halogens is 2. The van der Waals surface area contributed by atoms with Crippen LogP contribution < -0.4 is 5.32 Å². The molecule has 0 saturated heterocycles. The lowest BCUT2D eigenvalue weighted by Gasteiger charge is -2.33. The minimum atomic E-state index is -1.69. The van der Waals surface area contributed by atoms with Gasteiger partial charge in [0, 0.05) is 16.1 Å². The number of amides is 1. The number of anilines is 1. The topological polar surface area (TPSA) is 29.1 Å². The van der Waals surface area contributed by atoms with Crippen molar-refractivity contribution in [2.75, 3.05) is 5.32 Å². The lowest BCUT2D eigenvalue weighted by molar-refractivity contribution is -0.128. The van der Waals surface area contributed by atoms with Crippen LogP contribution in [0.15, 0.2) is 22.7 Å². The fourth-order valence-electron chi connectivity index (χ4n) is 2.80. The zero-order chi connectivity index (χ0) is 11.3. The van der Waals surface area contributed by atoms with Crippen LogP contribution in [0.2, 0.25) is 0 Å². The van der Waals surface area contributed by atoms with E-state index in [-0.39, 0.29) is 5.92 Å². The first-order chi connectivity index (χ1) is 7.61. The molecule has 1 aromatic rings. The summed E-state index contributed by atoms with van der Waals surface area (Å²) in [6, 6.07) is 5.60. The molecular formula is C12H11BrFNO. The first-order valence-electron chi connectivity index (χ1n) is 5.41. The van der Waals surface area contributed by atoms with Crippen molar-refractivity contribution in [3.63, 3.8) is 0 Å². The summed E-state index contributed by atoms with van der Waals surface area (Å²) >= 11 is 3.38. The van der Waals surface area contributed by atoms with E-state index in [0.717, 1.165) is 28.6 Å². The second-order valence-electron chi connectivity index (χ2n) is 4.49. The highest BCUT2D eigenvalue weighted by molar-refractivity contribution is 9.10. The molecule has 0 aromatic heterocycles. The monoisotopic (exact) mass is 283 g/mol. The van der Waals surface area contributed by atoms with Gasteiger partial charge in [0.1, 0.15) is 0 Å². The Hall–Kier alpha value is -0.900. The molecule has 2 atom stereocenters. The number of hydrogen-bond acceptors (Lipinski definition) is 1. The van der Waals surface area contributed by atoms with Crippen molar-refractivity contribution in [2.24, 2.45) is 0 Å². The summed E-state index contributed by atoms with van der Waals surface area (Å²) < 4.78 is 15.5. The number of benzene rings is 1. The molecule has 0 spiro atoms. The van der Waals surface area contributed by atoms with Crippen molar-refractivity contribution in [1.82, 2.24) is 0 Å². The van der Waals surface area contributed by atoms with Gasteiger partial charge in [-0.1, -0.05) is 15.9 Å². The predicted octanol–water partition coefficient (Wildman–Crippen LogP) is 3.38. The van der Waals surface area contributed by atoms with Crippen LogP contribution in [-0.2, 0) is 4.79 Å². The lowest BCUT2D eigenvalue weighted by atomic mass is 9.82. The maximum absolute atomic E-state index is 14.5. The quantitative estimate of drug-likeness (QED) is 0.777. The minimum absolute atomic E-state index is 0.270. The van der Waals surface area contributed by atoms with E-state index in [4.69, 9.17) is 0 Å². The van der Waals surface area contributed by atoms with E-state index in [1.807, 2.05) is 18.2 Å². The van der Waals surface area contributed by atoms with Crippen molar-refractivity contribution in [3.05, 3.63) is 28.2 Å². The zero-order valence-electron chi connectivity index (χ0n) is 8.59. The Morgan fingerprint density at radius 2 is 2.31 bits per heavy atom. The summed E-state index contributed by atoms with van der Waals surface area (Å²) in [7, 11) is 0. The maximum Gasteiger partial charge on any atom is 0.262 e. The summed E-state index contributed by atoms with van der Waals surface area (Å²) in [5.74, 6) is -0.737. The van der Waals surface area contributed by atoms with Crippen molar-refractivity contribution in [3.8, 4) is 0 Å². The Morgan fingerprint density at radius 1 is 1.50 bits per heavy atom. The normalized spacial score (nSPS) is 31.9. The SMILES string of the molecule is O=C1Nc2ccc(Br)cc2C2CCCC12F. The van der Waals surface area contributed by atoms with E-state index in [9.17, 15) is 9.18 Å². The molecule has 1 amide bonds. The molecule has 0 radical (unpaired) electrons. The Balaban J connectivity index is 2.17. The highest BCUT2D eigenvalue weighted by atomic mass is 79.9. The molecule has 2 aliphatic rings. The van der Waals surface area contributed by atoms with Crippen LogP contribution in [0.1, 0.15) is 30.7 Å². The number of carbonyl (C=O) groups is 1. The van der Waals surface area contributed by atoms with Crippen LogP contribution in [0, 0.1) is 0 Å². The molecule has 2 unspecified atom stereocenters. The smallest absolute Gasteiger partial charge is 0.262 e. The summed E-state index contributed by atoms with van der Waals surface area (Å²) in [6.07, 6.45) is 1.88. The summed E-state index contributed by atoms with van der Waals surface area (Å²) in [5.41, 5.74) is -0.00398. The van der Waals surface area contributed by atoms with Crippen LogP contribution in [0.25, 0.3) is 0 Å². The third-order valence-corrected chi connectivity index (χ3v) is 4.09. The number of carbonyl (C=O) groups excluding carboxylic acids is 1. The molecular weight excluding hydrogens is 273 g/mol. The average Bonchev–Trinajstić information content (AvgIpc) is 2.64. The van der Waals surface area contributed by atoms with Gasteiger partial charge in [0.2, 0.25) is 0 Å². The molecule has 0 bridgehead atoms. The van der Waals surface area contributed by atoms with Gasteiger partial charge in [-0.05, 0) is 43.0 Å². The Bertz CT molecular complexity index is 476. The van der Waals surface area contributed by atoms with E-state index < -0.39 is 11.6 Å². The third-order valence-electron chi connectivity index (χ3n) is 3.60. The van der Waals surface area contributed by atoms with Gasteiger partial charge in [-0.25, -0.2) is 4.39 Å². The molecule has 1 aliphatic heterocycles. The van der Waals surface area contributed by atoms with Crippen LogP contribution >= 0.6 is 15.9 Å². The van der Waals surface area contributed by atoms with Crippen molar-refractivity contribution in [2.45, 2.75) is 30.8 Å². The van der Waals surface area contributed by atoms with Gasteiger partial charge in [-0.2, -0.15) is 0 Å². The zero-order valence-corrected chi connectivity index (χ0v) is 10.2. The maximum atomic E-state index is 14.5. The second-order valence-corrected chi connectivity index (χ2v) is 5.41. The minimum Gasteiger partial charge on any atom is -0.323 e. The lowest BCUT2D eigenvalue weighted by Crippen LogP contribution is -2.44. The molecule has 16 heavy (non-hydrogen) atoms. The molecule has 3 rings (SSSR count). The fourth-order valence-corrected chi connectivity index (χ4v) is 3.18. The predicted molar refractivity (Wildman–Crippen MR) is 63.2 cm³/mol. The molecule has 84 valence electrons. The molecule has 1 aromatic carbocycles. The first kappa shape index (κ1) is 10.3. The second kappa shape index (κ2) is 3.29. The van der Waals surface area contributed by atoms with E-state index in [0.29, 0.717) is 6.42 Å². The molecule has 4 heteroatoms. The standard InChI is InChI=1S/C12H11BrFNO/c13-7-3-4-10-8(6-7)9-2-1-5-12(9,14)11(16)15-10/h3-4,6,9H,1-2,5H2,(H,15,16). The van der Waals surface area contributed by atoms with Crippen molar-refractivity contribution in [1.29, 1.82) is 0 Å². The van der Waals surface area contributed by atoms with Gasteiger partial charge in [-0.3, -0.25) is 4.79 Å². The van der Waals surface area contributed by atoms with Gasteiger partial charge in [0.25, 0.3) is 5.91 Å². The Kier molecular flexibility index (Phi) is 2.11. The summed E-state index contributed by atoms with van der Waals surface area (Å²) in [5, 5.41) is 2.66. The third kappa shape index (κ3) is 1.25. The fraction of sp³-hybridized carbons (Fsp3) is 0.417. The van der Waals surface area contributed by atoms with Gasteiger partial charge in [-0.15, -0.1) is 0 Å². The van der Waals surface area contributed by atoms with E-state index >= 15 is 0 Å². The molecule has 1 aliphatic carbocycles. The number of rotatable bonds is 0. The van der Waals surface area contributed by atoms with Crippen LogP contribution in [0.5, 0.6) is 0 Å². The molecule has 1 fully saturated rings. The van der Waals surface area contributed by atoms with Crippen molar-refractivity contribution < 1.29 is 9.18 Å². The highest BCUT2D eigenvalue weighted by Gasteiger charge is 2.53. The van der Waals surface area contributed by atoms with E-state index in [1.54, 1.807) is 0 Å². The van der Waals surface area contributed by atoms with Gasteiger partial charge in [0.15, 0.2) is 5.67 Å². The highest BCUT2D eigenvalue weighted by Crippen LogP contribution is 2.51. The van der Waals surface area contributed by atoms with E-state index in [1.165, 1.54) is 0 Å².